The fraction of sp³-hybridized carbons (Fsp3) is 0.458. The van der Waals surface area contributed by atoms with Gasteiger partial charge in [0.15, 0.2) is 5.78 Å². The van der Waals surface area contributed by atoms with Crippen molar-refractivity contribution in [2.24, 2.45) is 0 Å². The Kier molecular flexibility index (Phi) is 8.53. The molecule has 1 saturated heterocycles. The summed E-state index contributed by atoms with van der Waals surface area (Å²) in [6, 6.07) is 5.46. The van der Waals surface area contributed by atoms with Gasteiger partial charge in [-0.1, -0.05) is 0 Å². The molecule has 0 saturated carbocycles. The van der Waals surface area contributed by atoms with Crippen LogP contribution in [-0.4, -0.2) is 59.8 Å². The quantitative estimate of drug-likeness (QED) is 0.480. The molecule has 3 heterocycles. The van der Waals surface area contributed by atoms with E-state index in [0.717, 1.165) is 12.8 Å². The Bertz CT molecular complexity index is 1160. The molecule has 1 fully saturated rings. The summed E-state index contributed by atoms with van der Waals surface area (Å²) in [6.07, 6.45) is 6.75. The molecule has 0 amide bonds. The molecule has 1 aliphatic rings. The van der Waals surface area contributed by atoms with E-state index in [4.69, 9.17) is 0 Å². The van der Waals surface area contributed by atoms with E-state index in [2.05, 4.69) is 58.1 Å². The first-order chi connectivity index (χ1) is 15.4. The van der Waals surface area contributed by atoms with Gasteiger partial charge in [0, 0.05) is 48.9 Å². The number of anilines is 1. The smallest absolute Gasteiger partial charge is 0.245 e. The summed E-state index contributed by atoms with van der Waals surface area (Å²) >= 11 is 0. The van der Waals surface area contributed by atoms with E-state index in [1.165, 1.54) is 6.92 Å². The van der Waals surface area contributed by atoms with Crippen LogP contribution in [0.25, 0.3) is 16.9 Å². The molecule has 190 valence electrons. The lowest BCUT2D eigenvalue weighted by Gasteiger charge is -2.48. The second kappa shape index (κ2) is 10.5. The fourth-order valence-corrected chi connectivity index (χ4v) is 4.80. The van der Waals surface area contributed by atoms with Crippen molar-refractivity contribution in [3.63, 3.8) is 0 Å². The van der Waals surface area contributed by atoms with Gasteiger partial charge in [0.25, 0.3) is 0 Å². The maximum absolute atomic E-state index is 11.5. The average Bonchev–Trinajstić information content (AvgIpc) is 3.22. The minimum absolute atomic E-state index is 0. The van der Waals surface area contributed by atoms with Crippen LogP contribution in [0.4, 0.5) is 5.95 Å². The molecule has 2 aromatic heterocycles. The molecule has 0 atom stereocenters. The van der Waals surface area contributed by atoms with Gasteiger partial charge < -0.3 is 19.9 Å². The third-order valence-corrected chi connectivity index (χ3v) is 6.08. The number of nitrogens with zero attached hydrogens (tertiary/aromatic N) is 6. The topological polar surface area (TPSA) is 109 Å². The van der Waals surface area contributed by atoms with E-state index in [1.807, 2.05) is 13.1 Å². The highest BCUT2D eigenvalue weighted by Gasteiger charge is 2.39. The maximum atomic E-state index is 11.5. The predicted molar refractivity (Wildman–Crippen MR) is 141 cm³/mol. The van der Waals surface area contributed by atoms with Crippen molar-refractivity contribution in [2.45, 2.75) is 64.6 Å². The lowest BCUT2D eigenvalue weighted by molar-refractivity contribution is 0.101. The average molecular weight is 522 g/mol. The van der Waals surface area contributed by atoms with Crippen LogP contribution in [0.5, 0.6) is 5.75 Å². The lowest BCUT2D eigenvalue weighted by atomic mass is 9.79. The van der Waals surface area contributed by atoms with Crippen molar-refractivity contribution in [1.29, 1.82) is 0 Å². The van der Waals surface area contributed by atoms with Gasteiger partial charge in [0.05, 0.1) is 11.9 Å². The number of piperidine rings is 1. The third kappa shape index (κ3) is 6.28. The van der Waals surface area contributed by atoms with E-state index >= 15 is 0 Å². The number of carbonyl (C=O) groups excluding carboxylic acids is 1. The number of phenolic OH excluding ortho intramolecular Hbond substituents is 1. The first-order valence-corrected chi connectivity index (χ1v) is 11.0. The molecule has 4 rings (SSSR count). The van der Waals surface area contributed by atoms with Crippen LogP contribution in [-0.2, 0) is 0 Å². The van der Waals surface area contributed by atoms with E-state index in [1.54, 1.807) is 35.4 Å². The highest BCUT2D eigenvalue weighted by atomic mass is 35.5. The summed E-state index contributed by atoms with van der Waals surface area (Å²) in [4.78, 5) is 22.2. The van der Waals surface area contributed by atoms with Crippen molar-refractivity contribution in [2.75, 3.05) is 11.9 Å². The maximum Gasteiger partial charge on any atom is 0.245 e. The molecule has 1 aliphatic heterocycles. The molecular weight excluding hydrogens is 489 g/mol. The number of halogens is 2. The number of rotatable bonds is 5. The van der Waals surface area contributed by atoms with Gasteiger partial charge in [-0.05, 0) is 52.7 Å². The molecule has 0 bridgehead atoms. The number of aromatic hydroxyl groups is 1. The zero-order valence-electron chi connectivity index (χ0n) is 20.8. The van der Waals surface area contributed by atoms with Crippen LogP contribution in [0.3, 0.4) is 0 Å². The van der Waals surface area contributed by atoms with Crippen LogP contribution in [0.2, 0.25) is 0 Å². The minimum Gasteiger partial charge on any atom is -0.507 e. The molecule has 2 N–H and O–H groups in total. The normalized spacial score (nSPS) is 16.6. The van der Waals surface area contributed by atoms with Gasteiger partial charge in [0.2, 0.25) is 5.95 Å². The fourth-order valence-electron chi connectivity index (χ4n) is 4.80. The van der Waals surface area contributed by atoms with Crippen molar-refractivity contribution in [3.05, 3.63) is 42.6 Å². The van der Waals surface area contributed by atoms with Gasteiger partial charge in [-0.3, -0.25) is 4.79 Å². The molecule has 1 aromatic carbocycles. The first kappa shape index (κ1) is 28.5. The van der Waals surface area contributed by atoms with Gasteiger partial charge in [-0.15, -0.1) is 35.0 Å². The van der Waals surface area contributed by atoms with Crippen LogP contribution >= 0.6 is 24.8 Å². The summed E-state index contributed by atoms with van der Waals surface area (Å²) in [6.45, 7) is 10.3. The predicted octanol–water partition coefficient (Wildman–Crippen LogP) is 4.22. The van der Waals surface area contributed by atoms with E-state index in [9.17, 15) is 9.90 Å². The number of Topliss-reactive ketones (excluding diaryl/α,β-unsaturated/α-hetero) is 1. The molecule has 3 aromatic rings. The SMILES string of the molecule is CC(=O)c1cn(-c2ccc(-c3cnc(N(C)C4CC(C)(C)NC(C)(C)C4)nn3)c(O)c2)cn1.Cl.Cl. The van der Waals surface area contributed by atoms with Gasteiger partial charge >= 0.3 is 0 Å². The highest BCUT2D eigenvalue weighted by molar-refractivity contribution is 5.91. The number of phenols is 1. The number of nitrogens with one attached hydrogen (secondary N) is 1. The van der Waals surface area contributed by atoms with Crippen molar-refractivity contribution >= 4 is 36.5 Å². The summed E-state index contributed by atoms with van der Waals surface area (Å²) in [5.74, 6) is 0.491. The number of hydrogen-bond donors (Lipinski definition) is 2. The zero-order valence-corrected chi connectivity index (χ0v) is 22.4. The monoisotopic (exact) mass is 521 g/mol. The molecule has 35 heavy (non-hydrogen) atoms. The number of imidazole rings is 1. The molecular formula is C24H33Cl2N7O2. The summed E-state index contributed by atoms with van der Waals surface area (Å²) < 4.78 is 1.68. The Morgan fingerprint density at radius 1 is 1.11 bits per heavy atom. The molecule has 0 spiro atoms. The second-order valence-electron chi connectivity index (χ2n) is 10.1. The second-order valence-corrected chi connectivity index (χ2v) is 10.1. The van der Waals surface area contributed by atoms with Crippen LogP contribution in [0, 0.1) is 0 Å². The van der Waals surface area contributed by atoms with Gasteiger partial charge in [-0.25, -0.2) is 9.97 Å². The molecule has 9 nitrogen and oxygen atoms in total. The Labute approximate surface area is 218 Å². The standard InChI is InChI=1S/C24H31N7O2.2ClH/c1-15(32)20-13-31(14-26-20)16-7-8-18(21(33)9-16)19-12-25-22(28-27-19)30(6)17-10-23(2,3)29-24(4,5)11-17;;/h7-9,12-14,17,29,33H,10-11H2,1-6H3;2*1H. The van der Waals surface area contributed by atoms with E-state index < -0.39 is 0 Å². The zero-order chi connectivity index (χ0) is 24.0. The number of hydrogen-bond acceptors (Lipinski definition) is 8. The third-order valence-electron chi connectivity index (χ3n) is 6.08. The molecule has 0 radical (unpaired) electrons. The largest absolute Gasteiger partial charge is 0.507 e. The van der Waals surface area contributed by atoms with Gasteiger partial charge in [0.1, 0.15) is 23.5 Å². The number of ketones is 1. The Balaban J connectivity index is 0.00000216. The van der Waals surface area contributed by atoms with Gasteiger partial charge in [-0.2, -0.15) is 0 Å². The summed E-state index contributed by atoms with van der Waals surface area (Å²) in [5, 5.41) is 23.0. The first-order valence-electron chi connectivity index (χ1n) is 11.0. The van der Waals surface area contributed by atoms with E-state index in [-0.39, 0.29) is 53.5 Å². The Morgan fingerprint density at radius 2 is 1.77 bits per heavy atom. The number of benzene rings is 1. The highest BCUT2D eigenvalue weighted by Crippen LogP contribution is 2.33. The molecule has 0 aliphatic carbocycles. The number of aromatic nitrogens is 5. The van der Waals surface area contributed by atoms with Crippen LogP contribution in [0.1, 0.15) is 57.9 Å². The Morgan fingerprint density at radius 3 is 2.29 bits per heavy atom. The van der Waals surface area contributed by atoms with Crippen LogP contribution < -0.4 is 10.2 Å². The summed E-state index contributed by atoms with van der Waals surface area (Å²) in [5.41, 5.74) is 2.10. The van der Waals surface area contributed by atoms with Crippen molar-refractivity contribution < 1.29 is 9.90 Å². The Hall–Kier alpha value is -2.75. The molecule has 0 unspecified atom stereocenters. The van der Waals surface area contributed by atoms with Crippen molar-refractivity contribution in [1.82, 2.24) is 30.0 Å². The summed E-state index contributed by atoms with van der Waals surface area (Å²) in [7, 11) is 2.01. The van der Waals surface area contributed by atoms with Crippen molar-refractivity contribution in [3.8, 4) is 22.7 Å². The lowest BCUT2D eigenvalue weighted by Crippen LogP contribution is -2.62. The number of carbonyl (C=O) groups is 1. The van der Waals surface area contributed by atoms with Crippen LogP contribution in [0.15, 0.2) is 36.9 Å². The molecule has 11 heteroatoms. The van der Waals surface area contributed by atoms with E-state index in [0.29, 0.717) is 28.6 Å². The minimum atomic E-state index is -0.113.